The molecular formula is C19H18N4O3. The summed E-state index contributed by atoms with van der Waals surface area (Å²) < 4.78 is 1.39. The van der Waals surface area contributed by atoms with Gasteiger partial charge in [0.25, 0.3) is 11.8 Å². The van der Waals surface area contributed by atoms with Crippen molar-refractivity contribution in [3.8, 4) is 11.4 Å². The van der Waals surface area contributed by atoms with Gasteiger partial charge in [0.05, 0.1) is 11.9 Å². The van der Waals surface area contributed by atoms with E-state index >= 15 is 0 Å². The van der Waals surface area contributed by atoms with Gasteiger partial charge in [-0.15, -0.1) is 0 Å². The lowest BCUT2D eigenvalue weighted by Gasteiger charge is -2.10. The number of nitrogens with zero attached hydrogens (tertiary/aromatic N) is 2. The summed E-state index contributed by atoms with van der Waals surface area (Å²) in [4.78, 5) is 24.5. The Morgan fingerprint density at radius 2 is 1.65 bits per heavy atom. The molecule has 3 rings (SSSR count). The Bertz CT molecular complexity index is 964. The quantitative estimate of drug-likeness (QED) is 0.631. The number of rotatable bonds is 3. The average molecular weight is 350 g/mol. The second kappa shape index (κ2) is 7.10. The van der Waals surface area contributed by atoms with Crippen molar-refractivity contribution in [1.82, 2.24) is 20.6 Å². The maximum absolute atomic E-state index is 12.3. The molecule has 3 aromatic rings. The number of nitrogens with one attached hydrogen (secondary N) is 2. The van der Waals surface area contributed by atoms with E-state index in [1.807, 2.05) is 38.1 Å². The smallest absolute Gasteiger partial charge is 0.294 e. The fourth-order valence-corrected chi connectivity index (χ4v) is 2.48. The molecule has 0 fully saturated rings. The van der Waals surface area contributed by atoms with Crippen molar-refractivity contribution in [1.29, 1.82) is 0 Å². The molecule has 0 unspecified atom stereocenters. The lowest BCUT2D eigenvalue weighted by molar-refractivity contribution is 0.0841. The average Bonchev–Trinajstić information content (AvgIpc) is 3.04. The van der Waals surface area contributed by atoms with Crippen LogP contribution in [-0.2, 0) is 0 Å². The first kappa shape index (κ1) is 17.2. The van der Waals surface area contributed by atoms with E-state index in [0.29, 0.717) is 11.3 Å². The zero-order valence-corrected chi connectivity index (χ0v) is 14.4. The molecule has 26 heavy (non-hydrogen) atoms. The van der Waals surface area contributed by atoms with Crippen molar-refractivity contribution in [2.75, 3.05) is 0 Å². The lowest BCUT2D eigenvalue weighted by atomic mass is 10.0. The third kappa shape index (κ3) is 3.41. The van der Waals surface area contributed by atoms with E-state index in [-0.39, 0.29) is 11.4 Å². The number of carbonyl (C=O) groups is 2. The van der Waals surface area contributed by atoms with Crippen molar-refractivity contribution in [2.24, 2.45) is 0 Å². The largest absolute Gasteiger partial charge is 0.504 e. The number of hydrazine groups is 1. The fraction of sp³-hybridized carbons (Fsp3) is 0.105. The SMILES string of the molecule is Cc1cccc(C(=O)NNC(=O)c2nn(-c3ccccc3)cc2O)c1C. The summed E-state index contributed by atoms with van der Waals surface area (Å²) in [5, 5.41) is 14.0. The van der Waals surface area contributed by atoms with Crippen LogP contribution >= 0.6 is 0 Å². The highest BCUT2D eigenvalue weighted by Crippen LogP contribution is 2.18. The van der Waals surface area contributed by atoms with Crippen molar-refractivity contribution < 1.29 is 14.7 Å². The molecule has 0 atom stereocenters. The van der Waals surface area contributed by atoms with Crippen molar-refractivity contribution in [3.63, 3.8) is 0 Å². The van der Waals surface area contributed by atoms with E-state index in [2.05, 4.69) is 16.0 Å². The first-order valence-electron chi connectivity index (χ1n) is 7.98. The van der Waals surface area contributed by atoms with Crippen molar-refractivity contribution in [3.05, 3.63) is 77.1 Å². The first-order chi connectivity index (χ1) is 12.5. The third-order valence-electron chi connectivity index (χ3n) is 4.07. The van der Waals surface area contributed by atoms with Crippen LogP contribution < -0.4 is 10.9 Å². The van der Waals surface area contributed by atoms with Gasteiger partial charge in [-0.1, -0.05) is 30.3 Å². The van der Waals surface area contributed by atoms with Gasteiger partial charge in [0.15, 0.2) is 11.4 Å². The summed E-state index contributed by atoms with van der Waals surface area (Å²) in [5.41, 5.74) is 7.40. The molecule has 7 nitrogen and oxygen atoms in total. The number of aromatic hydroxyl groups is 1. The molecule has 1 aromatic heterocycles. The Morgan fingerprint density at radius 3 is 2.38 bits per heavy atom. The number of hydrogen-bond donors (Lipinski definition) is 3. The van der Waals surface area contributed by atoms with E-state index in [1.165, 1.54) is 10.9 Å². The van der Waals surface area contributed by atoms with Crippen LogP contribution in [0.25, 0.3) is 5.69 Å². The molecule has 1 heterocycles. The van der Waals surface area contributed by atoms with Crippen molar-refractivity contribution >= 4 is 11.8 Å². The monoisotopic (exact) mass is 350 g/mol. The Balaban J connectivity index is 1.72. The van der Waals surface area contributed by atoms with Gasteiger partial charge in [-0.05, 0) is 43.2 Å². The van der Waals surface area contributed by atoms with Gasteiger partial charge in [-0.2, -0.15) is 5.10 Å². The zero-order valence-electron chi connectivity index (χ0n) is 14.4. The maximum atomic E-state index is 12.3. The topological polar surface area (TPSA) is 96.3 Å². The summed E-state index contributed by atoms with van der Waals surface area (Å²) in [6, 6.07) is 14.4. The molecule has 3 N–H and O–H groups in total. The molecule has 0 saturated heterocycles. The molecule has 0 radical (unpaired) electrons. The molecule has 7 heteroatoms. The fourth-order valence-electron chi connectivity index (χ4n) is 2.48. The summed E-state index contributed by atoms with van der Waals surface area (Å²) >= 11 is 0. The highest BCUT2D eigenvalue weighted by Gasteiger charge is 2.18. The predicted molar refractivity (Wildman–Crippen MR) is 96.1 cm³/mol. The van der Waals surface area contributed by atoms with Gasteiger partial charge in [0.1, 0.15) is 0 Å². The minimum absolute atomic E-state index is 0.185. The molecule has 0 aliphatic carbocycles. The number of para-hydroxylation sites is 1. The summed E-state index contributed by atoms with van der Waals surface area (Å²) in [5.74, 6) is -1.44. The van der Waals surface area contributed by atoms with Crippen LogP contribution in [0, 0.1) is 13.8 Å². The second-order valence-corrected chi connectivity index (χ2v) is 5.80. The normalized spacial score (nSPS) is 10.4. The molecule has 0 spiro atoms. The third-order valence-corrected chi connectivity index (χ3v) is 4.07. The molecule has 132 valence electrons. The minimum Gasteiger partial charge on any atom is -0.504 e. The van der Waals surface area contributed by atoms with E-state index in [0.717, 1.165) is 11.1 Å². The lowest BCUT2D eigenvalue weighted by Crippen LogP contribution is -2.42. The van der Waals surface area contributed by atoms with Crippen LogP contribution in [-0.4, -0.2) is 26.7 Å². The molecule has 2 aromatic carbocycles. The molecule has 0 saturated carbocycles. The van der Waals surface area contributed by atoms with E-state index in [1.54, 1.807) is 24.3 Å². The van der Waals surface area contributed by atoms with Gasteiger partial charge >= 0.3 is 0 Å². The zero-order chi connectivity index (χ0) is 18.7. The second-order valence-electron chi connectivity index (χ2n) is 5.80. The number of aromatic nitrogens is 2. The summed E-state index contributed by atoms with van der Waals surface area (Å²) in [6.07, 6.45) is 1.33. The number of hydrogen-bond acceptors (Lipinski definition) is 4. The maximum Gasteiger partial charge on any atom is 0.294 e. The molecule has 0 aliphatic rings. The van der Waals surface area contributed by atoms with E-state index in [9.17, 15) is 14.7 Å². The summed E-state index contributed by atoms with van der Waals surface area (Å²) in [6.45, 7) is 3.73. The molecule has 0 aliphatic heterocycles. The highest BCUT2D eigenvalue weighted by molar-refractivity contribution is 6.00. The van der Waals surface area contributed by atoms with Crippen LogP contribution in [0.5, 0.6) is 5.75 Å². The standard InChI is InChI=1S/C19H18N4O3/c1-12-7-6-10-15(13(12)2)18(25)20-21-19(26)17-16(24)11-23(22-17)14-8-4-3-5-9-14/h3-11,24H,1-2H3,(H,20,25)(H,21,26). The Hall–Kier alpha value is -3.61. The number of amides is 2. The van der Waals surface area contributed by atoms with Gasteiger partial charge in [-0.3, -0.25) is 20.4 Å². The molecular weight excluding hydrogens is 332 g/mol. The Labute approximate surface area is 150 Å². The Kier molecular flexibility index (Phi) is 4.70. The van der Waals surface area contributed by atoms with E-state index < -0.39 is 11.8 Å². The molecule has 2 amide bonds. The number of carbonyl (C=O) groups excluding carboxylic acids is 2. The van der Waals surface area contributed by atoms with Crippen LogP contribution in [0.15, 0.2) is 54.7 Å². The van der Waals surface area contributed by atoms with Crippen LogP contribution in [0.2, 0.25) is 0 Å². The minimum atomic E-state index is -0.712. The van der Waals surface area contributed by atoms with E-state index in [4.69, 9.17) is 0 Å². The summed E-state index contributed by atoms with van der Waals surface area (Å²) in [7, 11) is 0. The van der Waals surface area contributed by atoms with Gasteiger partial charge in [0, 0.05) is 5.56 Å². The van der Waals surface area contributed by atoms with Gasteiger partial charge < -0.3 is 5.11 Å². The van der Waals surface area contributed by atoms with Crippen LogP contribution in [0.1, 0.15) is 32.0 Å². The number of benzene rings is 2. The molecule has 0 bridgehead atoms. The predicted octanol–water partition coefficient (Wildman–Crippen LogP) is 2.27. The van der Waals surface area contributed by atoms with Crippen molar-refractivity contribution in [2.45, 2.75) is 13.8 Å². The van der Waals surface area contributed by atoms with Crippen LogP contribution in [0.3, 0.4) is 0 Å². The number of aryl methyl sites for hydroxylation is 1. The highest BCUT2D eigenvalue weighted by atomic mass is 16.3. The Morgan fingerprint density at radius 1 is 0.962 bits per heavy atom. The van der Waals surface area contributed by atoms with Gasteiger partial charge in [-0.25, -0.2) is 4.68 Å². The van der Waals surface area contributed by atoms with Gasteiger partial charge in [0.2, 0.25) is 0 Å². The first-order valence-corrected chi connectivity index (χ1v) is 7.98. The van der Waals surface area contributed by atoms with Crippen LogP contribution in [0.4, 0.5) is 0 Å².